The largest absolute Gasteiger partial charge is 0.494 e. The van der Waals surface area contributed by atoms with Crippen molar-refractivity contribution in [2.75, 3.05) is 32.5 Å². The Labute approximate surface area is 167 Å². The maximum Gasteiger partial charge on any atom is 0.191 e. The normalized spacial score (nSPS) is 20.4. The third-order valence-corrected chi connectivity index (χ3v) is 5.61. The van der Waals surface area contributed by atoms with Crippen molar-refractivity contribution in [1.29, 1.82) is 0 Å². The lowest BCUT2D eigenvalue weighted by Gasteiger charge is -2.24. The number of thioether (sulfide) groups is 1. The third kappa shape index (κ3) is 7.09. The zero-order valence-electron chi connectivity index (χ0n) is 14.9. The molecule has 1 aliphatic heterocycles. The molecule has 4 nitrogen and oxygen atoms in total. The number of rotatable bonds is 7. The number of hydrogen-bond donors (Lipinski definition) is 2. The predicted octanol–water partition coefficient (Wildman–Crippen LogP) is 3.70. The standard InChI is InChI=1S/C18H29N3OS.HI/c1-4-22-16-8-5-7-15(13-16)9-11-20-17(19-3)21-14-18(2)10-6-12-23-18;/h5,7-8,13H,4,6,9-12,14H2,1-3H3,(H2,19,20,21);1H. The summed E-state index contributed by atoms with van der Waals surface area (Å²) in [6.07, 6.45) is 3.56. The predicted molar refractivity (Wildman–Crippen MR) is 116 cm³/mol. The highest BCUT2D eigenvalue weighted by atomic mass is 127. The summed E-state index contributed by atoms with van der Waals surface area (Å²) in [7, 11) is 1.83. The van der Waals surface area contributed by atoms with E-state index in [0.29, 0.717) is 11.4 Å². The lowest BCUT2D eigenvalue weighted by Crippen LogP contribution is -2.44. The van der Waals surface area contributed by atoms with Gasteiger partial charge < -0.3 is 15.4 Å². The third-order valence-electron chi connectivity index (χ3n) is 4.07. The molecule has 0 bridgehead atoms. The lowest BCUT2D eigenvalue weighted by molar-refractivity contribution is 0.340. The van der Waals surface area contributed by atoms with Gasteiger partial charge in [-0.3, -0.25) is 4.99 Å². The van der Waals surface area contributed by atoms with E-state index in [4.69, 9.17) is 4.74 Å². The van der Waals surface area contributed by atoms with Gasteiger partial charge in [0, 0.05) is 24.9 Å². The zero-order valence-corrected chi connectivity index (χ0v) is 18.1. The topological polar surface area (TPSA) is 45.6 Å². The van der Waals surface area contributed by atoms with E-state index in [-0.39, 0.29) is 24.0 Å². The summed E-state index contributed by atoms with van der Waals surface area (Å²) >= 11 is 2.06. The molecule has 1 fully saturated rings. The highest BCUT2D eigenvalue weighted by Crippen LogP contribution is 2.36. The number of hydrogen-bond acceptors (Lipinski definition) is 3. The van der Waals surface area contributed by atoms with Crippen molar-refractivity contribution in [3.63, 3.8) is 0 Å². The van der Waals surface area contributed by atoms with Crippen molar-refractivity contribution in [2.24, 2.45) is 4.99 Å². The number of nitrogens with one attached hydrogen (secondary N) is 2. The van der Waals surface area contributed by atoms with Gasteiger partial charge in [0.05, 0.1) is 6.61 Å². The number of halogens is 1. The summed E-state index contributed by atoms with van der Waals surface area (Å²) in [5, 5.41) is 6.86. The number of nitrogens with zero attached hydrogens (tertiary/aromatic N) is 1. The van der Waals surface area contributed by atoms with Crippen molar-refractivity contribution < 1.29 is 4.74 Å². The highest BCUT2D eigenvalue weighted by molar-refractivity contribution is 14.0. The minimum absolute atomic E-state index is 0. The van der Waals surface area contributed by atoms with Gasteiger partial charge in [0.2, 0.25) is 0 Å². The fourth-order valence-corrected chi connectivity index (χ4v) is 3.99. The van der Waals surface area contributed by atoms with Crippen LogP contribution in [0.3, 0.4) is 0 Å². The zero-order chi connectivity index (χ0) is 16.5. The molecule has 2 rings (SSSR count). The van der Waals surface area contributed by atoms with E-state index < -0.39 is 0 Å². The first kappa shape index (κ1) is 21.4. The Balaban J connectivity index is 0.00000288. The number of ether oxygens (including phenoxy) is 1. The molecule has 1 aromatic carbocycles. The molecule has 0 aliphatic carbocycles. The van der Waals surface area contributed by atoms with Crippen molar-refractivity contribution in [3.8, 4) is 5.75 Å². The lowest BCUT2D eigenvalue weighted by atomic mass is 10.1. The van der Waals surface area contributed by atoms with E-state index in [1.54, 1.807) is 0 Å². The van der Waals surface area contributed by atoms with Crippen LogP contribution in [-0.4, -0.2) is 43.2 Å². The molecule has 1 heterocycles. The summed E-state index contributed by atoms with van der Waals surface area (Å²) in [4.78, 5) is 4.32. The summed E-state index contributed by atoms with van der Waals surface area (Å²) in [5.41, 5.74) is 1.28. The van der Waals surface area contributed by atoms with Gasteiger partial charge in [0.1, 0.15) is 5.75 Å². The first-order valence-corrected chi connectivity index (χ1v) is 9.44. The fraction of sp³-hybridized carbons (Fsp3) is 0.611. The van der Waals surface area contributed by atoms with Crippen LogP contribution in [0.2, 0.25) is 0 Å². The summed E-state index contributed by atoms with van der Waals surface area (Å²) in [6.45, 7) is 6.88. The summed E-state index contributed by atoms with van der Waals surface area (Å²) in [6, 6.07) is 8.29. The highest BCUT2D eigenvalue weighted by Gasteiger charge is 2.29. The molecule has 6 heteroatoms. The molecule has 1 aliphatic rings. The van der Waals surface area contributed by atoms with Crippen LogP contribution in [0.5, 0.6) is 5.75 Å². The Kier molecular flexibility index (Phi) is 9.88. The fourth-order valence-electron chi connectivity index (χ4n) is 2.75. The number of guanidine groups is 1. The first-order chi connectivity index (χ1) is 11.1. The molecule has 1 unspecified atom stereocenters. The van der Waals surface area contributed by atoms with Gasteiger partial charge >= 0.3 is 0 Å². The molecule has 0 spiro atoms. The molecule has 1 aromatic rings. The molecular formula is C18H30IN3OS. The van der Waals surface area contributed by atoms with E-state index in [9.17, 15) is 0 Å². The number of benzene rings is 1. The van der Waals surface area contributed by atoms with Gasteiger partial charge in [-0.05, 0) is 56.6 Å². The van der Waals surface area contributed by atoms with E-state index >= 15 is 0 Å². The maximum absolute atomic E-state index is 5.54. The van der Waals surface area contributed by atoms with Gasteiger partial charge in [-0.15, -0.1) is 24.0 Å². The molecule has 2 N–H and O–H groups in total. The van der Waals surface area contributed by atoms with Crippen LogP contribution in [0.4, 0.5) is 0 Å². The molecule has 24 heavy (non-hydrogen) atoms. The van der Waals surface area contributed by atoms with Crippen molar-refractivity contribution in [3.05, 3.63) is 29.8 Å². The van der Waals surface area contributed by atoms with Gasteiger partial charge in [0.25, 0.3) is 0 Å². The van der Waals surface area contributed by atoms with E-state index in [1.165, 1.54) is 24.2 Å². The molecule has 0 aromatic heterocycles. The molecular weight excluding hydrogens is 433 g/mol. The number of aliphatic imine (C=N–C) groups is 1. The molecule has 1 atom stereocenters. The molecule has 0 amide bonds. The Morgan fingerprint density at radius 1 is 1.38 bits per heavy atom. The van der Waals surface area contributed by atoms with E-state index in [2.05, 4.69) is 46.4 Å². The van der Waals surface area contributed by atoms with Gasteiger partial charge in [0.15, 0.2) is 5.96 Å². The smallest absolute Gasteiger partial charge is 0.191 e. The van der Waals surface area contributed by atoms with E-state index in [0.717, 1.165) is 31.2 Å². The van der Waals surface area contributed by atoms with Crippen LogP contribution >= 0.6 is 35.7 Å². The minimum Gasteiger partial charge on any atom is -0.494 e. The van der Waals surface area contributed by atoms with Crippen LogP contribution in [0.25, 0.3) is 0 Å². The Morgan fingerprint density at radius 2 is 2.21 bits per heavy atom. The Hall–Kier alpha value is -0.630. The first-order valence-electron chi connectivity index (χ1n) is 8.45. The molecule has 0 radical (unpaired) electrons. The van der Waals surface area contributed by atoms with Gasteiger partial charge in [-0.25, -0.2) is 0 Å². The average molecular weight is 463 g/mol. The van der Waals surface area contributed by atoms with Crippen LogP contribution in [0.1, 0.15) is 32.3 Å². The maximum atomic E-state index is 5.54. The Morgan fingerprint density at radius 3 is 2.88 bits per heavy atom. The minimum atomic E-state index is 0. The van der Waals surface area contributed by atoms with Gasteiger partial charge in [-0.2, -0.15) is 11.8 Å². The summed E-state index contributed by atoms with van der Waals surface area (Å²) in [5.74, 6) is 3.11. The monoisotopic (exact) mass is 463 g/mol. The van der Waals surface area contributed by atoms with Crippen molar-refractivity contribution in [2.45, 2.75) is 37.9 Å². The molecule has 1 saturated heterocycles. The van der Waals surface area contributed by atoms with Crippen LogP contribution in [0, 0.1) is 0 Å². The van der Waals surface area contributed by atoms with Crippen LogP contribution < -0.4 is 15.4 Å². The second-order valence-corrected chi connectivity index (χ2v) is 7.77. The Bertz CT molecular complexity index is 519. The average Bonchev–Trinajstić information content (AvgIpc) is 2.98. The second kappa shape index (κ2) is 11.1. The SMILES string of the molecule is CCOc1cccc(CCNC(=NC)NCC2(C)CCCS2)c1.I. The molecule has 0 saturated carbocycles. The van der Waals surface area contributed by atoms with Crippen molar-refractivity contribution in [1.82, 2.24) is 10.6 Å². The van der Waals surface area contributed by atoms with E-state index in [1.807, 2.05) is 26.1 Å². The molecule has 136 valence electrons. The van der Waals surface area contributed by atoms with Crippen LogP contribution in [0.15, 0.2) is 29.3 Å². The quantitative estimate of drug-likeness (QED) is 0.368. The van der Waals surface area contributed by atoms with Crippen molar-refractivity contribution >= 4 is 41.7 Å². The second-order valence-electron chi connectivity index (χ2n) is 6.08. The van der Waals surface area contributed by atoms with Crippen LogP contribution in [-0.2, 0) is 6.42 Å². The summed E-state index contributed by atoms with van der Waals surface area (Å²) < 4.78 is 5.89. The van der Waals surface area contributed by atoms with Gasteiger partial charge in [-0.1, -0.05) is 12.1 Å².